The third-order valence-electron chi connectivity index (χ3n) is 3.00. The first-order chi connectivity index (χ1) is 6.95. The van der Waals surface area contributed by atoms with Gasteiger partial charge in [-0.3, -0.25) is 9.80 Å². The van der Waals surface area contributed by atoms with Gasteiger partial charge in [0.25, 0.3) is 0 Å². The van der Waals surface area contributed by atoms with E-state index in [-0.39, 0.29) is 0 Å². The van der Waals surface area contributed by atoms with Crippen molar-refractivity contribution in [2.45, 2.75) is 6.42 Å². The topological polar surface area (TPSA) is 27.7 Å². The quantitative estimate of drug-likeness (QED) is 0.667. The van der Waals surface area contributed by atoms with Crippen LogP contribution in [0.3, 0.4) is 0 Å². The Morgan fingerprint density at radius 3 is 2.50 bits per heavy atom. The van der Waals surface area contributed by atoms with Gasteiger partial charge in [0, 0.05) is 39.4 Å². The van der Waals surface area contributed by atoms with Crippen LogP contribution < -0.4 is 5.32 Å². The van der Waals surface area contributed by atoms with Crippen molar-refractivity contribution >= 4 is 0 Å². The van der Waals surface area contributed by atoms with E-state index in [0.717, 1.165) is 33.0 Å². The first kappa shape index (κ1) is 10.4. The average molecular weight is 199 g/mol. The van der Waals surface area contributed by atoms with E-state index in [9.17, 15) is 0 Å². The van der Waals surface area contributed by atoms with E-state index in [1.54, 1.807) is 0 Å². The molecule has 0 aromatic rings. The molecule has 0 unspecified atom stereocenters. The number of nitrogens with zero attached hydrogens (tertiary/aromatic N) is 2. The van der Waals surface area contributed by atoms with Gasteiger partial charge in [-0.25, -0.2) is 0 Å². The summed E-state index contributed by atoms with van der Waals surface area (Å²) in [4.78, 5) is 5.00. The lowest BCUT2D eigenvalue weighted by molar-refractivity contribution is 0.0320. The molecule has 2 rings (SSSR count). The maximum absolute atomic E-state index is 5.32. The van der Waals surface area contributed by atoms with Gasteiger partial charge in [0.15, 0.2) is 0 Å². The molecule has 0 amide bonds. The molecule has 82 valence electrons. The van der Waals surface area contributed by atoms with Crippen molar-refractivity contribution in [3.05, 3.63) is 0 Å². The van der Waals surface area contributed by atoms with Crippen molar-refractivity contribution in [2.24, 2.45) is 0 Å². The van der Waals surface area contributed by atoms with Crippen LogP contribution in [0.25, 0.3) is 0 Å². The van der Waals surface area contributed by atoms with Crippen molar-refractivity contribution in [3.8, 4) is 0 Å². The molecule has 2 aliphatic rings. The predicted octanol–water partition coefficient (Wildman–Crippen LogP) is -0.429. The molecule has 0 bridgehead atoms. The molecule has 0 spiro atoms. The summed E-state index contributed by atoms with van der Waals surface area (Å²) >= 11 is 0. The molecule has 0 radical (unpaired) electrons. The average Bonchev–Trinajstić information content (AvgIpc) is 2.29. The Bertz CT molecular complexity index is 135. The molecule has 0 atom stereocenters. The van der Waals surface area contributed by atoms with Gasteiger partial charge in [-0.05, 0) is 13.0 Å². The molecule has 0 aliphatic carbocycles. The molecular formula is C10H21N3O. The second-order valence-electron chi connectivity index (χ2n) is 4.08. The van der Waals surface area contributed by atoms with Gasteiger partial charge in [0.05, 0.1) is 13.2 Å². The van der Waals surface area contributed by atoms with Crippen molar-refractivity contribution in [1.82, 2.24) is 15.1 Å². The summed E-state index contributed by atoms with van der Waals surface area (Å²) in [5, 5.41) is 3.41. The molecular weight excluding hydrogens is 178 g/mol. The second kappa shape index (κ2) is 5.66. The molecule has 2 aliphatic heterocycles. The van der Waals surface area contributed by atoms with Gasteiger partial charge in [-0.2, -0.15) is 0 Å². The highest BCUT2D eigenvalue weighted by molar-refractivity contribution is 4.68. The van der Waals surface area contributed by atoms with E-state index in [1.165, 1.54) is 32.6 Å². The van der Waals surface area contributed by atoms with Crippen LogP contribution in [0.2, 0.25) is 0 Å². The van der Waals surface area contributed by atoms with Gasteiger partial charge in [-0.15, -0.1) is 0 Å². The van der Waals surface area contributed by atoms with Crippen LogP contribution >= 0.6 is 0 Å². The lowest BCUT2D eigenvalue weighted by Crippen LogP contribution is -2.46. The van der Waals surface area contributed by atoms with E-state index in [0.29, 0.717) is 0 Å². The first-order valence-electron chi connectivity index (χ1n) is 5.68. The Balaban J connectivity index is 1.60. The highest BCUT2D eigenvalue weighted by Crippen LogP contribution is 1.99. The normalized spacial score (nSPS) is 26.6. The van der Waals surface area contributed by atoms with Crippen LogP contribution in [-0.4, -0.2) is 69.0 Å². The molecule has 1 N–H and O–H groups in total. The number of ether oxygens (including phenoxy) is 1. The molecule has 4 heteroatoms. The maximum atomic E-state index is 5.32. The Hall–Kier alpha value is -0.160. The SMILES string of the molecule is C1CNCN(CCN2CCOCC2)C1. The molecule has 2 saturated heterocycles. The van der Waals surface area contributed by atoms with E-state index in [4.69, 9.17) is 4.74 Å². The van der Waals surface area contributed by atoms with Crippen LogP contribution in [0.4, 0.5) is 0 Å². The minimum absolute atomic E-state index is 0.915. The van der Waals surface area contributed by atoms with Crippen LogP contribution in [-0.2, 0) is 4.74 Å². The fourth-order valence-corrected chi connectivity index (χ4v) is 2.04. The molecule has 0 saturated carbocycles. The number of nitrogens with one attached hydrogen (secondary N) is 1. The summed E-state index contributed by atoms with van der Waals surface area (Å²) in [5.74, 6) is 0. The van der Waals surface area contributed by atoms with Crippen LogP contribution in [0.5, 0.6) is 0 Å². The Labute approximate surface area is 86.2 Å². The first-order valence-corrected chi connectivity index (χ1v) is 5.68. The van der Waals surface area contributed by atoms with Crippen molar-refractivity contribution < 1.29 is 4.74 Å². The molecule has 4 nitrogen and oxygen atoms in total. The third-order valence-corrected chi connectivity index (χ3v) is 3.00. The largest absolute Gasteiger partial charge is 0.379 e. The van der Waals surface area contributed by atoms with Crippen LogP contribution in [0, 0.1) is 0 Å². The van der Waals surface area contributed by atoms with Gasteiger partial charge in [0.1, 0.15) is 0 Å². The summed E-state index contributed by atoms with van der Waals surface area (Å²) in [6.07, 6.45) is 1.29. The second-order valence-corrected chi connectivity index (χ2v) is 4.08. The molecule has 2 heterocycles. The van der Waals surface area contributed by atoms with E-state index < -0.39 is 0 Å². The standard InChI is InChI=1S/C10H21N3O/c1-2-11-10-13(3-1)5-4-12-6-8-14-9-7-12/h11H,1-10H2. The fraction of sp³-hybridized carbons (Fsp3) is 1.00. The van der Waals surface area contributed by atoms with E-state index in [2.05, 4.69) is 15.1 Å². The number of rotatable bonds is 3. The molecule has 0 aromatic heterocycles. The highest BCUT2D eigenvalue weighted by atomic mass is 16.5. The zero-order valence-electron chi connectivity index (χ0n) is 8.87. The summed E-state index contributed by atoms with van der Waals surface area (Å²) in [5.41, 5.74) is 0. The summed E-state index contributed by atoms with van der Waals surface area (Å²) in [6, 6.07) is 0. The number of morpholine rings is 1. The third kappa shape index (κ3) is 3.20. The lowest BCUT2D eigenvalue weighted by Gasteiger charge is -2.32. The van der Waals surface area contributed by atoms with Gasteiger partial charge in [0.2, 0.25) is 0 Å². The van der Waals surface area contributed by atoms with Crippen molar-refractivity contribution in [3.63, 3.8) is 0 Å². The lowest BCUT2D eigenvalue weighted by atomic mass is 10.3. The maximum Gasteiger partial charge on any atom is 0.0594 e. The Morgan fingerprint density at radius 1 is 1.00 bits per heavy atom. The Kier molecular flexibility index (Phi) is 4.19. The van der Waals surface area contributed by atoms with Crippen molar-refractivity contribution in [1.29, 1.82) is 0 Å². The summed E-state index contributed by atoms with van der Waals surface area (Å²) in [6.45, 7) is 9.98. The predicted molar refractivity (Wildman–Crippen MR) is 56.3 cm³/mol. The van der Waals surface area contributed by atoms with E-state index >= 15 is 0 Å². The fourth-order valence-electron chi connectivity index (χ4n) is 2.04. The Morgan fingerprint density at radius 2 is 1.79 bits per heavy atom. The zero-order chi connectivity index (χ0) is 9.64. The van der Waals surface area contributed by atoms with Gasteiger partial charge < -0.3 is 10.1 Å². The van der Waals surface area contributed by atoms with Crippen LogP contribution in [0.15, 0.2) is 0 Å². The minimum atomic E-state index is 0.915. The molecule has 0 aromatic carbocycles. The number of hydrogen-bond donors (Lipinski definition) is 1. The highest BCUT2D eigenvalue weighted by Gasteiger charge is 2.13. The van der Waals surface area contributed by atoms with Gasteiger partial charge in [-0.1, -0.05) is 0 Å². The number of hydrogen-bond acceptors (Lipinski definition) is 4. The smallest absolute Gasteiger partial charge is 0.0594 e. The van der Waals surface area contributed by atoms with Crippen molar-refractivity contribution in [2.75, 3.05) is 59.2 Å². The summed E-state index contributed by atoms with van der Waals surface area (Å²) in [7, 11) is 0. The molecule has 14 heavy (non-hydrogen) atoms. The summed E-state index contributed by atoms with van der Waals surface area (Å²) < 4.78 is 5.32. The molecule has 2 fully saturated rings. The van der Waals surface area contributed by atoms with Crippen LogP contribution in [0.1, 0.15) is 6.42 Å². The monoisotopic (exact) mass is 199 g/mol. The zero-order valence-corrected chi connectivity index (χ0v) is 8.87. The van der Waals surface area contributed by atoms with E-state index in [1.807, 2.05) is 0 Å². The van der Waals surface area contributed by atoms with Gasteiger partial charge >= 0.3 is 0 Å². The minimum Gasteiger partial charge on any atom is -0.379 e.